The van der Waals surface area contributed by atoms with Crippen molar-refractivity contribution in [2.45, 2.75) is 44.7 Å². The van der Waals surface area contributed by atoms with Gasteiger partial charge in [-0.2, -0.15) is 0 Å². The molecular weight excluding hydrogens is 292 g/mol. The van der Waals surface area contributed by atoms with E-state index in [0.29, 0.717) is 6.04 Å². The first-order valence-corrected chi connectivity index (χ1v) is 8.99. The average Bonchev–Trinajstić information content (AvgIpc) is 3.03. The van der Waals surface area contributed by atoms with Gasteiger partial charge in [-0.15, -0.1) is 11.3 Å². The summed E-state index contributed by atoms with van der Waals surface area (Å²) in [5, 5.41) is 6.31. The van der Waals surface area contributed by atoms with E-state index in [1.54, 1.807) is 11.3 Å². The molecule has 0 saturated carbocycles. The maximum atomic E-state index is 4.63. The van der Waals surface area contributed by atoms with E-state index < -0.39 is 0 Å². The summed E-state index contributed by atoms with van der Waals surface area (Å²) in [6.45, 7) is 2.17. The summed E-state index contributed by atoms with van der Waals surface area (Å²) in [5.41, 5.74) is 2.40. The highest BCUT2D eigenvalue weighted by atomic mass is 32.1. The zero-order valence-corrected chi connectivity index (χ0v) is 14.0. The van der Waals surface area contributed by atoms with Crippen molar-refractivity contribution in [2.24, 2.45) is 0 Å². The van der Waals surface area contributed by atoms with Crippen LogP contribution in [-0.4, -0.2) is 34.5 Å². The lowest BCUT2D eigenvalue weighted by Crippen LogP contribution is -2.39. The molecular formula is C17H24N4S. The van der Waals surface area contributed by atoms with E-state index in [9.17, 15) is 0 Å². The van der Waals surface area contributed by atoms with E-state index in [-0.39, 0.29) is 0 Å². The van der Waals surface area contributed by atoms with Gasteiger partial charge in [0, 0.05) is 36.9 Å². The fraction of sp³-hybridized carbons (Fsp3) is 0.529. The number of aryl methyl sites for hydroxylation is 1. The standard InChI is InChI=1S/C17H24N4S/c1-18-17-20-15(13-22-17)12-21-11-5-3-7-16(21)9-8-14-6-2-4-10-19-14/h2,4,6,10,13,16H,3,5,7-9,11-12H2,1H3,(H,18,20)/t16-/m0/s1. The second kappa shape index (κ2) is 7.70. The van der Waals surface area contributed by atoms with Crippen molar-refractivity contribution in [3.05, 3.63) is 41.2 Å². The monoisotopic (exact) mass is 316 g/mol. The minimum Gasteiger partial charge on any atom is -0.365 e. The van der Waals surface area contributed by atoms with Crippen LogP contribution in [0.2, 0.25) is 0 Å². The molecule has 118 valence electrons. The van der Waals surface area contributed by atoms with Gasteiger partial charge in [0.1, 0.15) is 0 Å². The molecule has 1 fully saturated rings. The molecule has 22 heavy (non-hydrogen) atoms. The smallest absolute Gasteiger partial charge is 0.182 e. The van der Waals surface area contributed by atoms with Crippen LogP contribution in [-0.2, 0) is 13.0 Å². The van der Waals surface area contributed by atoms with Crippen LogP contribution in [0.3, 0.4) is 0 Å². The lowest BCUT2D eigenvalue weighted by Gasteiger charge is -2.35. The molecule has 1 aliphatic heterocycles. The van der Waals surface area contributed by atoms with Gasteiger partial charge in [-0.3, -0.25) is 9.88 Å². The van der Waals surface area contributed by atoms with E-state index >= 15 is 0 Å². The molecule has 0 bridgehead atoms. The highest BCUT2D eigenvalue weighted by Gasteiger charge is 2.23. The molecule has 0 aromatic carbocycles. The van der Waals surface area contributed by atoms with Crippen molar-refractivity contribution in [2.75, 3.05) is 18.9 Å². The Bertz CT molecular complexity index is 569. The van der Waals surface area contributed by atoms with Gasteiger partial charge in [0.25, 0.3) is 0 Å². The van der Waals surface area contributed by atoms with Crippen LogP contribution in [0.5, 0.6) is 0 Å². The molecule has 0 aliphatic carbocycles. The summed E-state index contributed by atoms with van der Waals surface area (Å²) in [6, 6.07) is 6.86. The molecule has 0 unspecified atom stereocenters. The molecule has 4 nitrogen and oxygen atoms in total. The molecule has 3 heterocycles. The fourth-order valence-electron chi connectivity index (χ4n) is 3.16. The third-order valence-electron chi connectivity index (χ3n) is 4.34. The summed E-state index contributed by atoms with van der Waals surface area (Å²) in [7, 11) is 1.93. The van der Waals surface area contributed by atoms with Gasteiger partial charge in [0.2, 0.25) is 0 Å². The van der Waals surface area contributed by atoms with Crippen LogP contribution in [0.25, 0.3) is 0 Å². The Kier molecular flexibility index (Phi) is 5.40. The number of rotatable bonds is 6. The first-order valence-electron chi connectivity index (χ1n) is 8.11. The van der Waals surface area contributed by atoms with Gasteiger partial charge in [0.15, 0.2) is 5.13 Å². The predicted octanol–water partition coefficient (Wildman–Crippen LogP) is 3.57. The Balaban J connectivity index is 1.58. The molecule has 1 saturated heterocycles. The van der Waals surface area contributed by atoms with Gasteiger partial charge >= 0.3 is 0 Å². The normalized spacial score (nSPS) is 19.2. The molecule has 0 spiro atoms. The number of thiazole rings is 1. The zero-order chi connectivity index (χ0) is 15.2. The predicted molar refractivity (Wildman–Crippen MR) is 92.3 cm³/mol. The van der Waals surface area contributed by atoms with Crippen LogP contribution in [0.4, 0.5) is 5.13 Å². The molecule has 2 aromatic heterocycles. The lowest BCUT2D eigenvalue weighted by atomic mass is 9.97. The average molecular weight is 316 g/mol. The van der Waals surface area contributed by atoms with E-state index in [4.69, 9.17) is 0 Å². The van der Waals surface area contributed by atoms with Crippen molar-refractivity contribution in [3.63, 3.8) is 0 Å². The lowest BCUT2D eigenvalue weighted by molar-refractivity contribution is 0.131. The van der Waals surface area contributed by atoms with Gasteiger partial charge < -0.3 is 5.32 Å². The molecule has 1 N–H and O–H groups in total. The number of aromatic nitrogens is 2. The van der Waals surface area contributed by atoms with Crippen LogP contribution in [0.1, 0.15) is 37.1 Å². The van der Waals surface area contributed by atoms with Gasteiger partial charge in [-0.25, -0.2) is 4.98 Å². The Morgan fingerprint density at radius 3 is 3.05 bits per heavy atom. The Morgan fingerprint density at radius 1 is 1.32 bits per heavy atom. The zero-order valence-electron chi connectivity index (χ0n) is 13.2. The molecule has 2 aromatic rings. The summed E-state index contributed by atoms with van der Waals surface area (Å²) in [6.07, 6.45) is 8.12. The Morgan fingerprint density at radius 2 is 2.27 bits per heavy atom. The maximum Gasteiger partial charge on any atom is 0.182 e. The van der Waals surface area contributed by atoms with Gasteiger partial charge in [-0.05, 0) is 44.4 Å². The van der Waals surface area contributed by atoms with Crippen molar-refractivity contribution >= 4 is 16.5 Å². The second-order valence-electron chi connectivity index (χ2n) is 5.87. The van der Waals surface area contributed by atoms with Crippen molar-refractivity contribution in [1.29, 1.82) is 0 Å². The number of nitrogens with zero attached hydrogens (tertiary/aromatic N) is 3. The Hall–Kier alpha value is -1.46. The molecule has 5 heteroatoms. The minimum atomic E-state index is 0.662. The van der Waals surface area contributed by atoms with Crippen molar-refractivity contribution in [1.82, 2.24) is 14.9 Å². The largest absolute Gasteiger partial charge is 0.365 e. The highest BCUT2D eigenvalue weighted by molar-refractivity contribution is 7.13. The Labute approximate surface area is 136 Å². The summed E-state index contributed by atoms with van der Waals surface area (Å²) in [5.74, 6) is 0. The highest BCUT2D eigenvalue weighted by Crippen LogP contribution is 2.24. The number of hydrogen-bond donors (Lipinski definition) is 1. The molecule has 0 radical (unpaired) electrons. The number of pyridine rings is 1. The van der Waals surface area contributed by atoms with Crippen LogP contribution < -0.4 is 5.32 Å². The fourth-order valence-corrected chi connectivity index (χ4v) is 3.82. The quantitative estimate of drug-likeness (QED) is 0.884. The minimum absolute atomic E-state index is 0.662. The van der Waals surface area contributed by atoms with Gasteiger partial charge in [0.05, 0.1) is 5.69 Å². The second-order valence-corrected chi connectivity index (χ2v) is 6.73. The van der Waals surface area contributed by atoms with Crippen LogP contribution in [0.15, 0.2) is 29.8 Å². The van der Waals surface area contributed by atoms with E-state index in [1.165, 1.54) is 43.6 Å². The SMILES string of the molecule is CNc1nc(CN2CCCC[C@H]2CCc2ccccn2)cs1. The van der Waals surface area contributed by atoms with Crippen LogP contribution >= 0.6 is 11.3 Å². The molecule has 0 amide bonds. The molecule has 1 atom stereocenters. The third-order valence-corrected chi connectivity index (χ3v) is 5.25. The summed E-state index contributed by atoms with van der Waals surface area (Å²) >= 11 is 1.69. The van der Waals surface area contributed by atoms with Crippen molar-refractivity contribution in [3.8, 4) is 0 Å². The number of piperidine rings is 1. The third kappa shape index (κ3) is 4.05. The van der Waals surface area contributed by atoms with Crippen molar-refractivity contribution < 1.29 is 0 Å². The van der Waals surface area contributed by atoms with Gasteiger partial charge in [-0.1, -0.05) is 12.5 Å². The maximum absolute atomic E-state index is 4.63. The van der Waals surface area contributed by atoms with Crippen LogP contribution in [0, 0.1) is 0 Å². The number of anilines is 1. The first kappa shape index (κ1) is 15.4. The summed E-state index contributed by atoms with van der Waals surface area (Å²) < 4.78 is 0. The van der Waals surface area contributed by atoms with E-state index in [1.807, 2.05) is 19.3 Å². The topological polar surface area (TPSA) is 41.1 Å². The summed E-state index contributed by atoms with van der Waals surface area (Å²) in [4.78, 5) is 11.7. The molecule has 1 aliphatic rings. The molecule has 3 rings (SSSR count). The number of hydrogen-bond acceptors (Lipinski definition) is 5. The van der Waals surface area contributed by atoms with E-state index in [2.05, 4.69) is 37.7 Å². The van der Waals surface area contributed by atoms with E-state index in [0.717, 1.165) is 18.1 Å². The first-order chi connectivity index (χ1) is 10.8. The number of likely N-dealkylation sites (tertiary alicyclic amines) is 1. The number of nitrogens with one attached hydrogen (secondary N) is 1.